The molecule has 1 unspecified atom stereocenters. The van der Waals surface area contributed by atoms with Gasteiger partial charge in [-0.3, -0.25) is 0 Å². The molecule has 0 N–H and O–H groups in total. The van der Waals surface area contributed by atoms with Gasteiger partial charge in [0.2, 0.25) is 0 Å². The van der Waals surface area contributed by atoms with E-state index in [-0.39, 0.29) is 0 Å². The zero-order valence-electron chi connectivity index (χ0n) is 10.9. The minimum atomic E-state index is 0.700. The Hall–Kier alpha value is -1.05. The molecule has 1 fully saturated rings. The summed E-state index contributed by atoms with van der Waals surface area (Å²) < 4.78 is 0.873. The number of nitrogens with zero attached hydrogens (tertiary/aromatic N) is 3. The number of nitriles is 1. The number of halogens is 1. The van der Waals surface area contributed by atoms with E-state index in [0.29, 0.717) is 5.92 Å². The van der Waals surface area contributed by atoms with E-state index in [4.69, 9.17) is 0 Å². The van der Waals surface area contributed by atoms with Gasteiger partial charge in [0.1, 0.15) is 6.07 Å². The molecule has 0 bridgehead atoms. The maximum absolute atomic E-state index is 9.24. The summed E-state index contributed by atoms with van der Waals surface area (Å²) in [5.74, 6) is 0.700. The first kappa shape index (κ1) is 13.4. The molecule has 0 saturated carbocycles. The lowest BCUT2D eigenvalue weighted by Crippen LogP contribution is -2.27. The molecule has 1 aliphatic heterocycles. The standard InChI is InChI=1S/C14H18BrN3/c1-17-7-6-11(9-17)10-18(2)14-5-3-4-13(15)12(14)8-16/h3-5,11H,6-7,9-10H2,1-2H3. The largest absolute Gasteiger partial charge is 0.373 e. The van der Waals surface area contributed by atoms with Crippen molar-refractivity contribution in [1.82, 2.24) is 4.90 Å². The zero-order chi connectivity index (χ0) is 13.1. The predicted molar refractivity (Wildman–Crippen MR) is 77.7 cm³/mol. The molecule has 0 spiro atoms. The Morgan fingerprint density at radius 3 is 2.94 bits per heavy atom. The molecule has 1 atom stereocenters. The SMILES string of the molecule is CN1CCC(CN(C)c2cccc(Br)c2C#N)C1. The molecule has 1 aliphatic rings. The first-order valence-electron chi connectivity index (χ1n) is 6.20. The molecule has 1 aromatic carbocycles. The third kappa shape index (κ3) is 2.85. The molecule has 3 nitrogen and oxygen atoms in total. The summed E-state index contributed by atoms with van der Waals surface area (Å²) in [6.45, 7) is 3.35. The normalized spacial score (nSPS) is 19.8. The van der Waals surface area contributed by atoms with Crippen LogP contribution in [0.15, 0.2) is 22.7 Å². The van der Waals surface area contributed by atoms with Gasteiger partial charge in [0, 0.05) is 24.6 Å². The Morgan fingerprint density at radius 2 is 2.33 bits per heavy atom. The molecule has 2 rings (SSSR count). The van der Waals surface area contributed by atoms with Crippen molar-refractivity contribution < 1.29 is 0 Å². The molecule has 1 saturated heterocycles. The van der Waals surface area contributed by atoms with E-state index >= 15 is 0 Å². The van der Waals surface area contributed by atoms with Crippen LogP contribution >= 0.6 is 15.9 Å². The summed E-state index contributed by atoms with van der Waals surface area (Å²) >= 11 is 3.44. The molecule has 18 heavy (non-hydrogen) atoms. The van der Waals surface area contributed by atoms with Crippen LogP contribution in [0, 0.1) is 17.2 Å². The van der Waals surface area contributed by atoms with E-state index in [1.54, 1.807) is 0 Å². The van der Waals surface area contributed by atoms with Crippen molar-refractivity contribution >= 4 is 21.6 Å². The minimum Gasteiger partial charge on any atom is -0.373 e. The van der Waals surface area contributed by atoms with Gasteiger partial charge in [-0.15, -0.1) is 0 Å². The zero-order valence-corrected chi connectivity index (χ0v) is 12.4. The summed E-state index contributed by atoms with van der Waals surface area (Å²) in [6.07, 6.45) is 1.25. The maximum Gasteiger partial charge on any atom is 0.103 e. The van der Waals surface area contributed by atoms with Crippen molar-refractivity contribution in [2.24, 2.45) is 5.92 Å². The van der Waals surface area contributed by atoms with Gasteiger partial charge in [-0.2, -0.15) is 5.26 Å². The van der Waals surface area contributed by atoms with Gasteiger partial charge in [0.15, 0.2) is 0 Å². The second-order valence-corrected chi connectivity index (χ2v) is 5.90. The fraction of sp³-hybridized carbons (Fsp3) is 0.500. The molecular formula is C14H18BrN3. The monoisotopic (exact) mass is 307 g/mol. The van der Waals surface area contributed by atoms with Crippen molar-refractivity contribution in [3.8, 4) is 6.07 Å². The van der Waals surface area contributed by atoms with Crippen LogP contribution in [0.2, 0.25) is 0 Å². The number of rotatable bonds is 3. The van der Waals surface area contributed by atoms with Gasteiger partial charge in [0.25, 0.3) is 0 Å². The van der Waals surface area contributed by atoms with Crippen LogP contribution in [-0.2, 0) is 0 Å². The van der Waals surface area contributed by atoms with Gasteiger partial charge < -0.3 is 9.80 Å². The average molecular weight is 308 g/mol. The van der Waals surface area contributed by atoms with Crippen LogP contribution in [0.3, 0.4) is 0 Å². The molecule has 0 aromatic heterocycles. The third-order valence-electron chi connectivity index (χ3n) is 3.54. The van der Waals surface area contributed by atoms with Crippen molar-refractivity contribution in [3.05, 3.63) is 28.2 Å². The van der Waals surface area contributed by atoms with E-state index in [9.17, 15) is 5.26 Å². The lowest BCUT2D eigenvalue weighted by atomic mass is 10.1. The molecule has 96 valence electrons. The molecular weight excluding hydrogens is 290 g/mol. The smallest absolute Gasteiger partial charge is 0.103 e. The fourth-order valence-corrected chi connectivity index (χ4v) is 3.05. The van der Waals surface area contributed by atoms with Crippen LogP contribution in [0.1, 0.15) is 12.0 Å². The predicted octanol–water partition coefficient (Wildman–Crippen LogP) is 2.71. The Morgan fingerprint density at radius 1 is 1.56 bits per heavy atom. The van der Waals surface area contributed by atoms with Gasteiger partial charge in [-0.1, -0.05) is 6.07 Å². The summed E-state index contributed by atoms with van der Waals surface area (Å²) in [6, 6.07) is 8.19. The molecule has 0 radical (unpaired) electrons. The highest BCUT2D eigenvalue weighted by Gasteiger charge is 2.21. The second kappa shape index (κ2) is 5.73. The fourth-order valence-electron chi connectivity index (χ4n) is 2.60. The van der Waals surface area contributed by atoms with Gasteiger partial charge in [-0.05, 0) is 54.0 Å². The van der Waals surface area contributed by atoms with Crippen LogP contribution in [0.5, 0.6) is 0 Å². The van der Waals surface area contributed by atoms with Crippen LogP contribution < -0.4 is 4.90 Å². The summed E-state index contributed by atoms with van der Waals surface area (Å²) in [4.78, 5) is 4.57. The lowest BCUT2D eigenvalue weighted by Gasteiger charge is -2.24. The highest BCUT2D eigenvalue weighted by atomic mass is 79.9. The Bertz CT molecular complexity index is 467. The van der Waals surface area contributed by atoms with Crippen molar-refractivity contribution in [1.29, 1.82) is 5.26 Å². The number of anilines is 1. The third-order valence-corrected chi connectivity index (χ3v) is 4.20. The number of benzene rings is 1. The maximum atomic E-state index is 9.24. The Labute approximate surface area is 117 Å². The summed E-state index contributed by atoms with van der Waals surface area (Å²) in [5.41, 5.74) is 1.74. The van der Waals surface area contributed by atoms with E-state index in [0.717, 1.165) is 28.8 Å². The first-order chi connectivity index (χ1) is 8.61. The minimum absolute atomic E-state index is 0.700. The molecule has 4 heteroatoms. The molecule has 0 amide bonds. The number of hydrogen-bond acceptors (Lipinski definition) is 3. The topological polar surface area (TPSA) is 30.3 Å². The second-order valence-electron chi connectivity index (χ2n) is 5.04. The summed E-state index contributed by atoms with van der Waals surface area (Å²) in [7, 11) is 4.24. The Kier molecular flexibility index (Phi) is 4.26. The lowest BCUT2D eigenvalue weighted by molar-refractivity contribution is 0.396. The van der Waals surface area contributed by atoms with Crippen LogP contribution in [-0.4, -0.2) is 38.6 Å². The van der Waals surface area contributed by atoms with Crippen molar-refractivity contribution in [2.45, 2.75) is 6.42 Å². The van der Waals surface area contributed by atoms with Gasteiger partial charge >= 0.3 is 0 Å². The van der Waals surface area contributed by atoms with E-state index in [1.165, 1.54) is 13.0 Å². The van der Waals surface area contributed by atoms with Gasteiger partial charge in [-0.25, -0.2) is 0 Å². The van der Waals surface area contributed by atoms with E-state index in [1.807, 2.05) is 18.2 Å². The first-order valence-corrected chi connectivity index (χ1v) is 6.99. The number of likely N-dealkylation sites (tertiary alicyclic amines) is 1. The molecule has 0 aliphatic carbocycles. The Balaban J connectivity index is 2.12. The highest BCUT2D eigenvalue weighted by molar-refractivity contribution is 9.10. The van der Waals surface area contributed by atoms with E-state index < -0.39 is 0 Å². The van der Waals surface area contributed by atoms with Crippen molar-refractivity contribution in [2.75, 3.05) is 38.6 Å². The van der Waals surface area contributed by atoms with Gasteiger partial charge in [0.05, 0.1) is 11.3 Å². The highest BCUT2D eigenvalue weighted by Crippen LogP contribution is 2.27. The van der Waals surface area contributed by atoms with Crippen LogP contribution in [0.25, 0.3) is 0 Å². The van der Waals surface area contributed by atoms with Crippen molar-refractivity contribution in [3.63, 3.8) is 0 Å². The van der Waals surface area contributed by atoms with Crippen LogP contribution in [0.4, 0.5) is 5.69 Å². The number of hydrogen-bond donors (Lipinski definition) is 0. The van der Waals surface area contributed by atoms with E-state index in [2.05, 4.69) is 45.9 Å². The molecule has 1 aromatic rings. The average Bonchev–Trinajstić information content (AvgIpc) is 2.74. The quantitative estimate of drug-likeness (QED) is 0.860. The molecule has 1 heterocycles. The summed E-state index contributed by atoms with van der Waals surface area (Å²) in [5, 5.41) is 9.24.